The molecule has 2 amide bonds. The Morgan fingerprint density at radius 1 is 1.23 bits per heavy atom. The number of benzene rings is 1. The van der Waals surface area contributed by atoms with Crippen molar-refractivity contribution in [2.75, 3.05) is 20.0 Å². The number of ketones is 1. The minimum atomic E-state index is -0.800. The summed E-state index contributed by atoms with van der Waals surface area (Å²) in [5.41, 5.74) is 12.4. The third-order valence-electron chi connectivity index (χ3n) is 4.93. The van der Waals surface area contributed by atoms with Crippen molar-refractivity contribution in [3.63, 3.8) is 0 Å². The van der Waals surface area contributed by atoms with Crippen LogP contribution in [0.3, 0.4) is 0 Å². The predicted molar refractivity (Wildman–Crippen MR) is 114 cm³/mol. The van der Waals surface area contributed by atoms with E-state index in [1.807, 2.05) is 0 Å². The van der Waals surface area contributed by atoms with Crippen LogP contribution in [0.2, 0.25) is 0 Å². The SMILES string of the molecule is C=CC(=O)N[C@H]1CCn2c(N)c(C(N)=O)c(C#Cc3cc(OC)cc(OC)c3)c2C1=O. The Labute approximate surface area is 179 Å². The first-order chi connectivity index (χ1) is 14.8. The Balaban J connectivity index is 2.13. The summed E-state index contributed by atoms with van der Waals surface area (Å²) >= 11 is 0. The fraction of sp³-hybridized carbons (Fsp3) is 0.227. The van der Waals surface area contributed by atoms with Crippen LogP contribution in [0.25, 0.3) is 0 Å². The summed E-state index contributed by atoms with van der Waals surface area (Å²) in [4.78, 5) is 36.9. The summed E-state index contributed by atoms with van der Waals surface area (Å²) < 4.78 is 12.0. The number of methoxy groups -OCH3 is 2. The van der Waals surface area contributed by atoms with E-state index in [4.69, 9.17) is 20.9 Å². The van der Waals surface area contributed by atoms with Gasteiger partial charge in [-0.05, 0) is 24.6 Å². The van der Waals surface area contributed by atoms with Gasteiger partial charge in [-0.3, -0.25) is 14.4 Å². The summed E-state index contributed by atoms with van der Waals surface area (Å²) in [5.74, 6) is 5.22. The number of carbonyl (C=O) groups is 3. The summed E-state index contributed by atoms with van der Waals surface area (Å²) in [6.07, 6.45) is 1.39. The zero-order chi connectivity index (χ0) is 22.7. The van der Waals surface area contributed by atoms with Crippen LogP contribution < -0.4 is 26.3 Å². The first-order valence-corrected chi connectivity index (χ1v) is 9.34. The Kier molecular flexibility index (Phi) is 6.02. The number of nitrogens with two attached hydrogens (primary N) is 2. The van der Waals surface area contributed by atoms with Gasteiger partial charge >= 0.3 is 0 Å². The van der Waals surface area contributed by atoms with E-state index in [1.54, 1.807) is 18.2 Å². The lowest BCUT2D eigenvalue weighted by atomic mass is 9.98. The molecule has 1 atom stereocenters. The van der Waals surface area contributed by atoms with Gasteiger partial charge in [0.25, 0.3) is 5.91 Å². The number of hydrogen-bond acceptors (Lipinski definition) is 6. The van der Waals surface area contributed by atoms with Crippen molar-refractivity contribution in [2.45, 2.75) is 19.0 Å². The lowest BCUT2D eigenvalue weighted by Gasteiger charge is -2.24. The van der Waals surface area contributed by atoms with Crippen LogP contribution >= 0.6 is 0 Å². The molecule has 3 rings (SSSR count). The molecule has 1 aliphatic rings. The fourth-order valence-corrected chi connectivity index (χ4v) is 3.43. The van der Waals surface area contributed by atoms with Crippen LogP contribution in [-0.4, -0.2) is 42.4 Å². The number of hydrogen-bond donors (Lipinski definition) is 3. The molecule has 0 fully saturated rings. The normalized spacial score (nSPS) is 14.6. The van der Waals surface area contributed by atoms with Crippen LogP contribution in [0.4, 0.5) is 5.82 Å². The Bertz CT molecular complexity index is 1130. The van der Waals surface area contributed by atoms with Crippen LogP contribution in [-0.2, 0) is 11.3 Å². The van der Waals surface area contributed by atoms with Crippen LogP contribution in [0.1, 0.15) is 38.4 Å². The highest BCUT2D eigenvalue weighted by molar-refractivity contribution is 6.10. The van der Waals surface area contributed by atoms with Gasteiger partial charge in [-0.1, -0.05) is 18.4 Å². The zero-order valence-electron chi connectivity index (χ0n) is 17.2. The molecule has 160 valence electrons. The van der Waals surface area contributed by atoms with Gasteiger partial charge in [-0.25, -0.2) is 0 Å². The average molecular weight is 422 g/mol. The average Bonchev–Trinajstić information content (AvgIpc) is 3.05. The number of nitrogen functional groups attached to an aromatic ring is 1. The molecular weight excluding hydrogens is 400 g/mol. The maximum atomic E-state index is 13.1. The number of nitrogens with one attached hydrogen (secondary N) is 1. The number of carbonyl (C=O) groups excluding carboxylic acids is 3. The largest absolute Gasteiger partial charge is 0.497 e. The van der Waals surface area contributed by atoms with Crippen LogP contribution in [0, 0.1) is 11.8 Å². The van der Waals surface area contributed by atoms with Crippen molar-refractivity contribution in [1.29, 1.82) is 0 Å². The van der Waals surface area contributed by atoms with E-state index in [0.29, 0.717) is 30.0 Å². The van der Waals surface area contributed by atoms with Gasteiger partial charge in [0.1, 0.15) is 23.0 Å². The number of ether oxygens (including phenoxy) is 2. The third-order valence-corrected chi connectivity index (χ3v) is 4.93. The number of Topliss-reactive ketones (excluding diaryl/α,β-unsaturated/α-hetero) is 1. The van der Waals surface area contributed by atoms with E-state index in [1.165, 1.54) is 18.8 Å². The van der Waals surface area contributed by atoms with Crippen molar-refractivity contribution in [3.05, 3.63) is 53.2 Å². The molecule has 2 aromatic rings. The van der Waals surface area contributed by atoms with E-state index >= 15 is 0 Å². The quantitative estimate of drug-likeness (QED) is 0.482. The highest BCUT2D eigenvalue weighted by Crippen LogP contribution is 2.30. The maximum absolute atomic E-state index is 13.1. The molecular formula is C22H22N4O5. The second-order valence-electron chi connectivity index (χ2n) is 6.77. The molecule has 0 aliphatic carbocycles. The van der Waals surface area contributed by atoms with Gasteiger partial charge in [0.05, 0.1) is 31.4 Å². The Morgan fingerprint density at radius 3 is 2.42 bits per heavy atom. The molecule has 1 aromatic carbocycles. The van der Waals surface area contributed by atoms with Gasteiger partial charge in [-0.15, -0.1) is 0 Å². The minimum Gasteiger partial charge on any atom is -0.497 e. The number of amides is 2. The number of primary amides is 1. The lowest BCUT2D eigenvalue weighted by molar-refractivity contribution is -0.117. The first kappa shape index (κ1) is 21.5. The molecule has 0 unspecified atom stereocenters. The molecule has 0 saturated carbocycles. The van der Waals surface area contributed by atoms with E-state index in [-0.39, 0.29) is 22.6 Å². The van der Waals surface area contributed by atoms with Crippen LogP contribution in [0.15, 0.2) is 30.9 Å². The van der Waals surface area contributed by atoms with E-state index in [9.17, 15) is 14.4 Å². The molecule has 5 N–H and O–H groups in total. The second-order valence-corrected chi connectivity index (χ2v) is 6.77. The number of fused-ring (bicyclic) bond motifs is 1. The smallest absolute Gasteiger partial charge is 0.253 e. The number of rotatable bonds is 5. The van der Waals surface area contributed by atoms with Gasteiger partial charge in [0.2, 0.25) is 11.7 Å². The third kappa shape index (κ3) is 4.09. The van der Waals surface area contributed by atoms with Crippen molar-refractivity contribution in [1.82, 2.24) is 9.88 Å². The van der Waals surface area contributed by atoms with E-state index < -0.39 is 23.6 Å². The number of anilines is 1. The lowest BCUT2D eigenvalue weighted by Crippen LogP contribution is -2.44. The fourth-order valence-electron chi connectivity index (χ4n) is 3.43. The molecule has 0 spiro atoms. The maximum Gasteiger partial charge on any atom is 0.253 e. The van der Waals surface area contributed by atoms with Crippen molar-refractivity contribution in [2.24, 2.45) is 5.73 Å². The number of nitrogens with zero attached hydrogens (tertiary/aromatic N) is 1. The molecule has 1 aromatic heterocycles. The minimum absolute atomic E-state index is 0.0265. The second kappa shape index (κ2) is 8.67. The van der Waals surface area contributed by atoms with Gasteiger partial charge in [0, 0.05) is 18.2 Å². The summed E-state index contributed by atoms with van der Waals surface area (Å²) in [6.45, 7) is 3.70. The van der Waals surface area contributed by atoms with Crippen molar-refractivity contribution in [3.8, 4) is 23.3 Å². The van der Waals surface area contributed by atoms with E-state index in [0.717, 1.165) is 6.08 Å². The topological polar surface area (TPSA) is 139 Å². The zero-order valence-corrected chi connectivity index (χ0v) is 17.2. The van der Waals surface area contributed by atoms with Crippen molar-refractivity contribution >= 4 is 23.4 Å². The van der Waals surface area contributed by atoms with Crippen molar-refractivity contribution < 1.29 is 23.9 Å². The number of aromatic nitrogens is 1. The summed E-state index contributed by atoms with van der Waals surface area (Å²) in [6, 6.07) is 4.26. The Morgan fingerprint density at radius 2 is 1.87 bits per heavy atom. The molecule has 0 bridgehead atoms. The predicted octanol–water partition coefficient (Wildman–Crippen LogP) is 0.843. The highest BCUT2D eigenvalue weighted by atomic mass is 16.5. The van der Waals surface area contributed by atoms with Gasteiger partial charge < -0.3 is 30.8 Å². The molecule has 2 heterocycles. The Hall–Kier alpha value is -4.19. The molecule has 0 radical (unpaired) electrons. The standard InChI is InChI=1S/C22H22N4O5/c1-4-17(27)25-16-7-8-26-19(20(16)28)15(18(21(26)23)22(24)29)6-5-12-9-13(30-2)11-14(10-12)31-3/h4,9-11,16H,1,7-8,23H2,2-3H3,(H2,24,29)(H,25,27)/t16-/m0/s1. The monoisotopic (exact) mass is 422 g/mol. The molecule has 9 nitrogen and oxygen atoms in total. The molecule has 9 heteroatoms. The van der Waals surface area contributed by atoms with E-state index in [2.05, 4.69) is 23.7 Å². The molecule has 31 heavy (non-hydrogen) atoms. The van der Waals surface area contributed by atoms with Gasteiger partial charge in [0.15, 0.2) is 0 Å². The highest BCUT2D eigenvalue weighted by Gasteiger charge is 2.35. The first-order valence-electron chi connectivity index (χ1n) is 9.34. The molecule has 0 saturated heterocycles. The van der Waals surface area contributed by atoms with Crippen LogP contribution in [0.5, 0.6) is 11.5 Å². The van der Waals surface area contributed by atoms with Gasteiger partial charge in [-0.2, -0.15) is 0 Å². The summed E-state index contributed by atoms with van der Waals surface area (Å²) in [7, 11) is 3.02. The summed E-state index contributed by atoms with van der Waals surface area (Å²) in [5, 5.41) is 2.59. The molecule has 1 aliphatic heterocycles.